The zero-order valence-corrected chi connectivity index (χ0v) is 8.21. The Morgan fingerprint density at radius 2 is 2.31 bits per heavy atom. The van der Waals surface area contributed by atoms with Crippen LogP contribution in [0.2, 0.25) is 0 Å². The molecule has 0 aromatic heterocycles. The quantitative estimate of drug-likeness (QED) is 0.628. The van der Waals surface area contributed by atoms with Gasteiger partial charge in [0.15, 0.2) is 9.84 Å². The van der Waals surface area contributed by atoms with Crippen LogP contribution >= 0.6 is 0 Å². The number of hydrogen-bond acceptors (Lipinski definition) is 4. The fourth-order valence-corrected chi connectivity index (χ4v) is 2.60. The summed E-state index contributed by atoms with van der Waals surface area (Å²) < 4.78 is 26.6. The van der Waals surface area contributed by atoms with E-state index >= 15 is 0 Å². The Morgan fingerprint density at radius 3 is 2.77 bits per heavy atom. The van der Waals surface area contributed by atoms with Gasteiger partial charge in [-0.25, -0.2) is 8.42 Å². The summed E-state index contributed by atoms with van der Waals surface area (Å²) in [7, 11) is -3.04. The summed E-state index contributed by atoms with van der Waals surface area (Å²) in [6.07, 6.45) is 1.70. The molecule has 0 saturated heterocycles. The molecule has 0 N–H and O–H groups in total. The highest BCUT2D eigenvalue weighted by Crippen LogP contribution is 2.18. The van der Waals surface area contributed by atoms with Crippen LogP contribution in [0.4, 0.5) is 0 Å². The van der Waals surface area contributed by atoms with Gasteiger partial charge in [-0.1, -0.05) is 6.08 Å². The van der Waals surface area contributed by atoms with Crippen molar-refractivity contribution in [3.63, 3.8) is 0 Å². The number of ether oxygens (including phenoxy) is 1. The molecule has 0 amide bonds. The molecule has 0 fully saturated rings. The normalized spacial score (nSPS) is 24.5. The first-order valence-corrected chi connectivity index (χ1v) is 5.81. The van der Waals surface area contributed by atoms with Gasteiger partial charge in [0.25, 0.3) is 0 Å². The van der Waals surface area contributed by atoms with E-state index in [4.69, 9.17) is 4.74 Å². The van der Waals surface area contributed by atoms with Crippen molar-refractivity contribution in [2.75, 3.05) is 12.4 Å². The second kappa shape index (κ2) is 3.91. The van der Waals surface area contributed by atoms with Gasteiger partial charge < -0.3 is 4.74 Å². The number of carbonyl (C=O) groups is 1. The van der Waals surface area contributed by atoms with Gasteiger partial charge in [0.1, 0.15) is 0 Å². The van der Waals surface area contributed by atoms with Crippen LogP contribution in [-0.4, -0.2) is 26.7 Å². The highest BCUT2D eigenvalue weighted by Gasteiger charge is 2.24. The van der Waals surface area contributed by atoms with E-state index in [1.165, 1.54) is 0 Å². The minimum absolute atomic E-state index is 0.0335. The molecule has 1 atom stereocenters. The standard InChI is InChI=1S/C8H12O4S/c1-2-12-8(9)5-7-3-4-13(10,11)6-7/h3-4,7H,2,5-6H2,1H3/t7-/m0/s1. The summed E-state index contributed by atoms with van der Waals surface area (Å²) in [6.45, 7) is 2.06. The second-order valence-electron chi connectivity index (χ2n) is 2.93. The number of carbonyl (C=O) groups excluding carboxylic acids is 1. The zero-order valence-electron chi connectivity index (χ0n) is 7.39. The number of hydrogen-bond donors (Lipinski definition) is 0. The lowest BCUT2D eigenvalue weighted by atomic mass is 10.1. The van der Waals surface area contributed by atoms with Gasteiger partial charge in [-0.15, -0.1) is 0 Å². The van der Waals surface area contributed by atoms with E-state index < -0.39 is 9.84 Å². The molecule has 0 radical (unpaired) electrons. The summed E-state index contributed by atoms with van der Waals surface area (Å²) in [5, 5.41) is 1.16. The van der Waals surface area contributed by atoms with Crippen LogP contribution in [0.3, 0.4) is 0 Å². The predicted octanol–water partition coefficient (Wildman–Crippen LogP) is 0.498. The van der Waals surface area contributed by atoms with Crippen LogP contribution in [0.1, 0.15) is 13.3 Å². The van der Waals surface area contributed by atoms with Crippen LogP contribution < -0.4 is 0 Å². The largest absolute Gasteiger partial charge is 0.466 e. The molecule has 13 heavy (non-hydrogen) atoms. The molecule has 0 bridgehead atoms. The molecule has 5 heteroatoms. The van der Waals surface area contributed by atoms with Crippen molar-refractivity contribution < 1.29 is 17.9 Å². The van der Waals surface area contributed by atoms with Gasteiger partial charge in [-0.2, -0.15) is 0 Å². The minimum atomic E-state index is -3.04. The summed E-state index contributed by atoms with van der Waals surface area (Å²) in [4.78, 5) is 11.0. The number of allylic oxidation sites excluding steroid dienone is 1. The molecule has 0 spiro atoms. The summed E-state index contributed by atoms with van der Waals surface area (Å²) in [6, 6.07) is 0. The fourth-order valence-electron chi connectivity index (χ4n) is 1.20. The number of sulfone groups is 1. The maximum absolute atomic E-state index is 11.0. The Bertz CT molecular complexity index is 315. The van der Waals surface area contributed by atoms with E-state index in [0.717, 1.165) is 5.41 Å². The first kappa shape index (κ1) is 10.2. The first-order chi connectivity index (χ1) is 6.03. The van der Waals surface area contributed by atoms with Gasteiger partial charge in [-0.3, -0.25) is 4.79 Å². The van der Waals surface area contributed by atoms with Crippen LogP contribution in [-0.2, 0) is 19.4 Å². The lowest BCUT2D eigenvalue weighted by Gasteiger charge is -2.04. The van der Waals surface area contributed by atoms with Crippen molar-refractivity contribution in [3.05, 3.63) is 11.5 Å². The SMILES string of the molecule is CCOC(=O)C[C@@H]1C=CS(=O)(=O)C1. The first-order valence-electron chi connectivity index (χ1n) is 4.10. The van der Waals surface area contributed by atoms with Crippen LogP contribution in [0.5, 0.6) is 0 Å². The van der Waals surface area contributed by atoms with Gasteiger partial charge >= 0.3 is 5.97 Å². The summed E-state index contributed by atoms with van der Waals surface area (Å²) in [5.74, 6) is -0.510. The highest BCUT2D eigenvalue weighted by atomic mass is 32.2. The van der Waals surface area contributed by atoms with Crippen molar-refractivity contribution in [3.8, 4) is 0 Å². The maximum Gasteiger partial charge on any atom is 0.306 e. The predicted molar refractivity (Wildman–Crippen MR) is 47.7 cm³/mol. The van der Waals surface area contributed by atoms with E-state index in [1.807, 2.05) is 0 Å². The lowest BCUT2D eigenvalue weighted by Crippen LogP contribution is -2.13. The topological polar surface area (TPSA) is 60.4 Å². The zero-order chi connectivity index (χ0) is 9.90. The Morgan fingerprint density at radius 1 is 1.62 bits per heavy atom. The Labute approximate surface area is 77.5 Å². The van der Waals surface area contributed by atoms with E-state index in [2.05, 4.69) is 0 Å². The van der Waals surface area contributed by atoms with E-state index in [9.17, 15) is 13.2 Å². The number of esters is 1. The molecule has 1 rings (SSSR count). The summed E-state index contributed by atoms with van der Waals surface area (Å²) >= 11 is 0. The Hall–Kier alpha value is -0.840. The van der Waals surface area contributed by atoms with Gasteiger partial charge in [-0.05, 0) is 6.92 Å². The Kier molecular flexibility index (Phi) is 3.08. The molecular formula is C8H12O4S. The molecule has 0 unspecified atom stereocenters. The molecule has 74 valence electrons. The smallest absolute Gasteiger partial charge is 0.306 e. The summed E-state index contributed by atoms with van der Waals surface area (Å²) in [5.41, 5.74) is 0. The molecule has 1 aliphatic heterocycles. The van der Waals surface area contributed by atoms with Crippen molar-refractivity contribution >= 4 is 15.8 Å². The fraction of sp³-hybridized carbons (Fsp3) is 0.625. The molecule has 0 aromatic rings. The van der Waals surface area contributed by atoms with Gasteiger partial charge in [0, 0.05) is 11.3 Å². The van der Waals surface area contributed by atoms with Crippen molar-refractivity contribution in [1.82, 2.24) is 0 Å². The van der Waals surface area contributed by atoms with E-state index in [0.29, 0.717) is 6.61 Å². The second-order valence-corrected chi connectivity index (χ2v) is 4.86. The monoisotopic (exact) mass is 204 g/mol. The van der Waals surface area contributed by atoms with Crippen molar-refractivity contribution in [1.29, 1.82) is 0 Å². The minimum Gasteiger partial charge on any atom is -0.466 e. The van der Waals surface area contributed by atoms with Crippen molar-refractivity contribution in [2.24, 2.45) is 5.92 Å². The average molecular weight is 204 g/mol. The molecule has 1 heterocycles. The third-order valence-electron chi connectivity index (χ3n) is 1.74. The molecule has 4 nitrogen and oxygen atoms in total. The molecular weight excluding hydrogens is 192 g/mol. The van der Waals surface area contributed by atoms with Crippen LogP contribution in [0.15, 0.2) is 11.5 Å². The molecule has 0 saturated carbocycles. The maximum atomic E-state index is 11.0. The highest BCUT2D eigenvalue weighted by molar-refractivity contribution is 7.94. The van der Waals surface area contributed by atoms with Gasteiger partial charge in [0.2, 0.25) is 0 Å². The third kappa shape index (κ3) is 3.18. The lowest BCUT2D eigenvalue weighted by molar-refractivity contribution is -0.143. The third-order valence-corrected chi connectivity index (χ3v) is 3.20. The van der Waals surface area contributed by atoms with Crippen LogP contribution in [0, 0.1) is 5.92 Å². The Balaban J connectivity index is 2.42. The van der Waals surface area contributed by atoms with E-state index in [-0.39, 0.29) is 24.1 Å². The average Bonchev–Trinajstić information content (AvgIpc) is 2.30. The van der Waals surface area contributed by atoms with E-state index in [1.54, 1.807) is 13.0 Å². The molecule has 1 aliphatic rings. The number of rotatable bonds is 3. The van der Waals surface area contributed by atoms with Gasteiger partial charge in [0.05, 0.1) is 18.8 Å². The van der Waals surface area contributed by atoms with Crippen molar-refractivity contribution in [2.45, 2.75) is 13.3 Å². The molecule has 0 aliphatic carbocycles. The van der Waals surface area contributed by atoms with Crippen LogP contribution in [0.25, 0.3) is 0 Å². The molecule has 0 aromatic carbocycles.